The molecule has 1 saturated carbocycles. The second kappa shape index (κ2) is 7.02. The molecule has 0 spiro atoms. The largest absolute Gasteiger partial charge is 0.330 e. The summed E-state index contributed by atoms with van der Waals surface area (Å²) < 4.78 is 27.7. The van der Waals surface area contributed by atoms with Gasteiger partial charge in [0.15, 0.2) is 0 Å². The molecule has 2 amide bonds. The van der Waals surface area contributed by atoms with Gasteiger partial charge >= 0.3 is 11.8 Å². The van der Waals surface area contributed by atoms with Crippen LogP contribution in [0.1, 0.15) is 25.0 Å². The van der Waals surface area contributed by atoms with E-state index in [4.69, 9.17) is 0 Å². The summed E-state index contributed by atoms with van der Waals surface area (Å²) in [5, 5.41) is 7.85. The molecule has 27 heavy (non-hydrogen) atoms. The van der Waals surface area contributed by atoms with Crippen molar-refractivity contribution in [3.8, 4) is 11.3 Å². The van der Waals surface area contributed by atoms with Gasteiger partial charge in [-0.05, 0) is 43.5 Å². The molecule has 0 bridgehead atoms. The summed E-state index contributed by atoms with van der Waals surface area (Å²) in [6.45, 7) is 1.09. The summed E-state index contributed by atoms with van der Waals surface area (Å²) in [6, 6.07) is 6.80. The van der Waals surface area contributed by atoms with Gasteiger partial charge in [-0.25, -0.2) is 8.78 Å². The zero-order valence-electron chi connectivity index (χ0n) is 14.6. The van der Waals surface area contributed by atoms with Crippen LogP contribution in [0.3, 0.4) is 0 Å². The molecule has 1 saturated heterocycles. The van der Waals surface area contributed by atoms with Crippen LogP contribution in [0.2, 0.25) is 0 Å². The number of amides is 2. The molecular weight excluding hydrogens is 354 g/mol. The first kappa shape index (κ1) is 17.5. The molecule has 0 atom stereocenters. The van der Waals surface area contributed by atoms with E-state index in [-0.39, 0.29) is 23.8 Å². The van der Waals surface area contributed by atoms with Crippen molar-refractivity contribution in [2.45, 2.75) is 31.8 Å². The predicted molar refractivity (Wildman–Crippen MR) is 92.2 cm³/mol. The molecule has 0 unspecified atom stereocenters. The van der Waals surface area contributed by atoms with E-state index in [2.05, 4.69) is 10.2 Å². The molecule has 2 aromatic rings. The molecular formula is C19H18F2N4O2. The Morgan fingerprint density at radius 3 is 2.30 bits per heavy atom. The fourth-order valence-corrected chi connectivity index (χ4v) is 3.40. The molecule has 4 rings (SSSR count). The SMILES string of the molecule is O=C1C(=O)N(C2CCC2)CCN1Cc1ccc(-c2c(F)cccc2F)nn1. The Hall–Kier alpha value is -2.90. The summed E-state index contributed by atoms with van der Waals surface area (Å²) in [7, 11) is 0. The van der Waals surface area contributed by atoms with Gasteiger partial charge in [0, 0.05) is 19.1 Å². The third-order valence-corrected chi connectivity index (χ3v) is 5.15. The number of carbonyl (C=O) groups excluding carboxylic acids is 2. The quantitative estimate of drug-likeness (QED) is 0.772. The lowest BCUT2D eigenvalue weighted by molar-refractivity contribution is -0.159. The number of hydrogen-bond acceptors (Lipinski definition) is 4. The Balaban J connectivity index is 1.46. The van der Waals surface area contributed by atoms with Crippen LogP contribution in [0.15, 0.2) is 30.3 Å². The highest BCUT2D eigenvalue weighted by Gasteiger charge is 2.38. The van der Waals surface area contributed by atoms with Crippen molar-refractivity contribution in [2.75, 3.05) is 13.1 Å². The first-order chi connectivity index (χ1) is 13.0. The fraction of sp³-hybridized carbons (Fsp3) is 0.368. The molecule has 1 aromatic heterocycles. The maximum absolute atomic E-state index is 13.8. The number of nitrogens with zero attached hydrogens (tertiary/aromatic N) is 4. The molecule has 0 radical (unpaired) electrons. The highest BCUT2D eigenvalue weighted by Crippen LogP contribution is 2.27. The van der Waals surface area contributed by atoms with Crippen LogP contribution >= 0.6 is 0 Å². The molecule has 2 aliphatic rings. The average Bonchev–Trinajstić information content (AvgIpc) is 2.61. The van der Waals surface area contributed by atoms with Gasteiger partial charge in [0.1, 0.15) is 11.6 Å². The van der Waals surface area contributed by atoms with Crippen LogP contribution in [-0.2, 0) is 16.1 Å². The van der Waals surface area contributed by atoms with Gasteiger partial charge in [-0.3, -0.25) is 9.59 Å². The van der Waals surface area contributed by atoms with Crippen LogP contribution < -0.4 is 0 Å². The second-order valence-corrected chi connectivity index (χ2v) is 6.82. The number of rotatable bonds is 4. The lowest BCUT2D eigenvalue weighted by Crippen LogP contribution is -2.58. The summed E-state index contributed by atoms with van der Waals surface area (Å²) in [5.74, 6) is -2.45. The van der Waals surface area contributed by atoms with E-state index in [1.54, 1.807) is 11.0 Å². The topological polar surface area (TPSA) is 66.4 Å². The lowest BCUT2D eigenvalue weighted by atomic mass is 9.91. The number of piperazine rings is 1. The van der Waals surface area contributed by atoms with Gasteiger partial charge < -0.3 is 9.80 Å². The monoisotopic (exact) mass is 372 g/mol. The number of carbonyl (C=O) groups is 2. The minimum Gasteiger partial charge on any atom is -0.330 e. The number of hydrogen-bond donors (Lipinski definition) is 0. The lowest BCUT2D eigenvalue weighted by Gasteiger charge is -2.42. The van der Waals surface area contributed by atoms with Crippen molar-refractivity contribution in [1.82, 2.24) is 20.0 Å². The normalized spacial score (nSPS) is 18.0. The Bertz CT molecular complexity index is 864. The van der Waals surface area contributed by atoms with Crippen molar-refractivity contribution < 1.29 is 18.4 Å². The maximum atomic E-state index is 13.8. The van der Waals surface area contributed by atoms with Crippen molar-refractivity contribution in [3.05, 3.63) is 47.7 Å². The molecule has 1 aliphatic heterocycles. The standard InChI is InChI=1S/C19H18F2N4O2/c20-14-5-2-6-15(21)17(14)16-8-7-12(22-23-16)11-24-9-10-25(13-3-1-4-13)19(27)18(24)26/h2,5-8,13H,1,3-4,9-11H2. The Labute approximate surface area is 154 Å². The molecule has 8 heteroatoms. The van der Waals surface area contributed by atoms with E-state index in [1.165, 1.54) is 17.0 Å². The second-order valence-electron chi connectivity index (χ2n) is 6.82. The van der Waals surface area contributed by atoms with Crippen LogP contribution in [-0.4, -0.2) is 50.9 Å². The van der Waals surface area contributed by atoms with Crippen molar-refractivity contribution in [1.29, 1.82) is 0 Å². The average molecular weight is 372 g/mol. The maximum Gasteiger partial charge on any atom is 0.312 e. The zero-order valence-corrected chi connectivity index (χ0v) is 14.6. The Kier molecular flexibility index (Phi) is 4.55. The van der Waals surface area contributed by atoms with E-state index in [9.17, 15) is 18.4 Å². The fourth-order valence-electron chi connectivity index (χ4n) is 3.40. The summed E-state index contributed by atoms with van der Waals surface area (Å²) in [6.07, 6.45) is 3.01. The van der Waals surface area contributed by atoms with Crippen molar-refractivity contribution >= 4 is 11.8 Å². The first-order valence-corrected chi connectivity index (χ1v) is 8.91. The van der Waals surface area contributed by atoms with Gasteiger partial charge in [0.05, 0.1) is 23.5 Å². The number of halogens is 2. The zero-order chi connectivity index (χ0) is 19.0. The van der Waals surface area contributed by atoms with Crippen molar-refractivity contribution in [2.24, 2.45) is 0 Å². The van der Waals surface area contributed by atoms with Gasteiger partial charge in [0.2, 0.25) is 0 Å². The van der Waals surface area contributed by atoms with E-state index in [0.717, 1.165) is 31.4 Å². The molecule has 6 nitrogen and oxygen atoms in total. The van der Waals surface area contributed by atoms with Gasteiger partial charge in [-0.1, -0.05) is 6.07 Å². The highest BCUT2D eigenvalue weighted by molar-refractivity contribution is 6.35. The first-order valence-electron chi connectivity index (χ1n) is 8.91. The number of benzene rings is 1. The van der Waals surface area contributed by atoms with E-state index in [0.29, 0.717) is 18.8 Å². The smallest absolute Gasteiger partial charge is 0.312 e. The summed E-state index contributed by atoms with van der Waals surface area (Å²) >= 11 is 0. The summed E-state index contributed by atoms with van der Waals surface area (Å²) in [4.78, 5) is 27.7. The molecule has 140 valence electrons. The van der Waals surface area contributed by atoms with Gasteiger partial charge in [-0.15, -0.1) is 5.10 Å². The molecule has 2 heterocycles. The van der Waals surface area contributed by atoms with E-state index < -0.39 is 23.4 Å². The third-order valence-electron chi connectivity index (χ3n) is 5.15. The minimum absolute atomic E-state index is 0.0755. The Morgan fingerprint density at radius 1 is 0.963 bits per heavy atom. The predicted octanol–water partition coefficient (Wildman–Crippen LogP) is 2.15. The van der Waals surface area contributed by atoms with Gasteiger partial charge in [-0.2, -0.15) is 5.10 Å². The van der Waals surface area contributed by atoms with Crippen LogP contribution in [0.4, 0.5) is 8.78 Å². The van der Waals surface area contributed by atoms with Crippen LogP contribution in [0, 0.1) is 11.6 Å². The minimum atomic E-state index is -0.718. The number of aromatic nitrogens is 2. The Morgan fingerprint density at radius 2 is 1.70 bits per heavy atom. The molecule has 2 fully saturated rings. The van der Waals surface area contributed by atoms with Crippen LogP contribution in [0.5, 0.6) is 0 Å². The summed E-state index contributed by atoms with van der Waals surface area (Å²) in [5.41, 5.74) is 0.289. The van der Waals surface area contributed by atoms with Crippen LogP contribution in [0.25, 0.3) is 11.3 Å². The molecule has 0 N–H and O–H groups in total. The molecule has 1 aromatic carbocycles. The van der Waals surface area contributed by atoms with E-state index >= 15 is 0 Å². The third kappa shape index (κ3) is 3.27. The molecule has 1 aliphatic carbocycles. The van der Waals surface area contributed by atoms with E-state index in [1.807, 2.05) is 0 Å². The van der Waals surface area contributed by atoms with Crippen molar-refractivity contribution in [3.63, 3.8) is 0 Å². The van der Waals surface area contributed by atoms with Gasteiger partial charge in [0.25, 0.3) is 0 Å². The highest BCUT2D eigenvalue weighted by atomic mass is 19.1.